The van der Waals surface area contributed by atoms with Crippen molar-refractivity contribution in [1.29, 1.82) is 0 Å². The molecule has 2 aromatic rings. The van der Waals surface area contributed by atoms with Crippen LogP contribution in [-0.2, 0) is 9.68 Å². The van der Waals surface area contributed by atoms with Gasteiger partial charge in [-0.15, -0.1) is 0 Å². The first kappa shape index (κ1) is 18.6. The Bertz CT molecular complexity index is 884. The highest BCUT2D eigenvalue weighted by molar-refractivity contribution is 5.73. The SMILES string of the molecule is OCC1C=C(c2ccc(-c3ccc(C4=CC(CO)ON4)cc3F)c(F)c2)NO1. The first-order chi connectivity index (χ1) is 13.6. The van der Waals surface area contributed by atoms with Crippen molar-refractivity contribution in [2.75, 3.05) is 13.2 Å². The summed E-state index contributed by atoms with van der Waals surface area (Å²) >= 11 is 0. The van der Waals surface area contributed by atoms with Gasteiger partial charge in [0.1, 0.15) is 23.8 Å². The van der Waals surface area contributed by atoms with Gasteiger partial charge in [0.2, 0.25) is 0 Å². The van der Waals surface area contributed by atoms with Crippen molar-refractivity contribution in [2.45, 2.75) is 12.2 Å². The molecule has 0 bridgehead atoms. The molecule has 2 aromatic carbocycles. The van der Waals surface area contributed by atoms with Gasteiger partial charge in [0, 0.05) is 22.3 Å². The summed E-state index contributed by atoms with van der Waals surface area (Å²) in [6.07, 6.45) is 2.31. The van der Waals surface area contributed by atoms with Crippen LogP contribution in [0.5, 0.6) is 0 Å². The van der Waals surface area contributed by atoms with Crippen molar-refractivity contribution in [3.8, 4) is 11.1 Å². The summed E-state index contributed by atoms with van der Waals surface area (Å²) in [7, 11) is 0. The number of aliphatic hydroxyl groups is 2. The highest BCUT2D eigenvalue weighted by Gasteiger charge is 2.20. The van der Waals surface area contributed by atoms with Crippen LogP contribution in [0.15, 0.2) is 48.6 Å². The fourth-order valence-electron chi connectivity index (χ4n) is 3.08. The van der Waals surface area contributed by atoms with Gasteiger partial charge in [0.25, 0.3) is 0 Å². The zero-order valence-electron chi connectivity index (χ0n) is 14.7. The van der Waals surface area contributed by atoms with Crippen LogP contribution in [-0.4, -0.2) is 35.6 Å². The molecule has 6 nitrogen and oxygen atoms in total. The number of hydroxylamine groups is 2. The van der Waals surface area contributed by atoms with E-state index in [9.17, 15) is 8.78 Å². The Kier molecular flexibility index (Phi) is 5.10. The second-order valence-electron chi connectivity index (χ2n) is 6.43. The van der Waals surface area contributed by atoms with Gasteiger partial charge >= 0.3 is 0 Å². The number of hydrogen-bond acceptors (Lipinski definition) is 6. The molecular weight excluding hydrogens is 370 g/mol. The first-order valence-corrected chi connectivity index (χ1v) is 8.68. The van der Waals surface area contributed by atoms with E-state index < -0.39 is 23.8 Å². The van der Waals surface area contributed by atoms with Crippen LogP contribution < -0.4 is 11.0 Å². The lowest BCUT2D eigenvalue weighted by Gasteiger charge is -2.10. The smallest absolute Gasteiger partial charge is 0.131 e. The lowest BCUT2D eigenvalue weighted by Crippen LogP contribution is -2.15. The molecule has 4 rings (SSSR count). The molecule has 28 heavy (non-hydrogen) atoms. The predicted octanol–water partition coefficient (Wildman–Crippen LogP) is 2.10. The Morgan fingerprint density at radius 1 is 0.750 bits per heavy atom. The summed E-state index contributed by atoms with van der Waals surface area (Å²) in [5.41, 5.74) is 7.67. The monoisotopic (exact) mass is 388 g/mol. The minimum Gasteiger partial charge on any atom is -0.393 e. The van der Waals surface area contributed by atoms with Crippen LogP contribution in [0, 0.1) is 11.6 Å². The highest BCUT2D eigenvalue weighted by atomic mass is 19.1. The van der Waals surface area contributed by atoms with E-state index in [1.165, 1.54) is 24.3 Å². The van der Waals surface area contributed by atoms with Gasteiger partial charge in [-0.2, -0.15) is 0 Å². The molecule has 0 aliphatic carbocycles. The van der Waals surface area contributed by atoms with Gasteiger partial charge in [-0.1, -0.05) is 24.3 Å². The first-order valence-electron chi connectivity index (χ1n) is 8.68. The zero-order valence-corrected chi connectivity index (χ0v) is 14.7. The molecule has 146 valence electrons. The molecule has 8 heteroatoms. The lowest BCUT2D eigenvalue weighted by atomic mass is 9.99. The van der Waals surface area contributed by atoms with Gasteiger partial charge in [-0.3, -0.25) is 20.6 Å². The molecule has 0 radical (unpaired) electrons. The van der Waals surface area contributed by atoms with Gasteiger partial charge in [-0.25, -0.2) is 8.78 Å². The Hall–Kier alpha value is -2.78. The standard InChI is InChI=1S/C20H18F2N2O4/c21-17-5-11(19-7-13(9-25)27-23-19)1-3-15(17)16-4-2-12(6-18(16)22)20-8-14(10-26)28-24-20/h1-8,13-14,23-26H,9-10H2. The minimum atomic E-state index is -0.582. The van der Waals surface area contributed by atoms with Crippen LogP contribution in [0.1, 0.15) is 11.1 Å². The van der Waals surface area contributed by atoms with E-state index in [0.29, 0.717) is 22.5 Å². The third-order valence-electron chi connectivity index (χ3n) is 4.56. The quantitative estimate of drug-likeness (QED) is 0.628. The van der Waals surface area contributed by atoms with Crippen LogP contribution >= 0.6 is 0 Å². The molecule has 0 spiro atoms. The molecule has 2 unspecified atom stereocenters. The molecule has 2 heterocycles. The van der Waals surface area contributed by atoms with Crippen LogP contribution in [0.25, 0.3) is 22.5 Å². The van der Waals surface area contributed by atoms with E-state index in [1.807, 2.05) is 0 Å². The molecule has 0 aromatic heterocycles. The number of aliphatic hydroxyl groups excluding tert-OH is 2. The molecule has 0 saturated heterocycles. The van der Waals surface area contributed by atoms with E-state index in [4.69, 9.17) is 19.9 Å². The molecule has 2 aliphatic rings. The topological polar surface area (TPSA) is 83.0 Å². The number of halogens is 2. The predicted molar refractivity (Wildman–Crippen MR) is 97.9 cm³/mol. The number of rotatable bonds is 5. The summed E-state index contributed by atoms with van der Waals surface area (Å²) < 4.78 is 29.3. The average molecular weight is 388 g/mol. The average Bonchev–Trinajstić information content (AvgIpc) is 3.38. The van der Waals surface area contributed by atoms with Crippen molar-refractivity contribution < 1.29 is 28.7 Å². The van der Waals surface area contributed by atoms with Crippen molar-refractivity contribution in [3.63, 3.8) is 0 Å². The van der Waals surface area contributed by atoms with Gasteiger partial charge < -0.3 is 10.2 Å². The normalized spacial score (nSPS) is 21.1. The number of benzene rings is 2. The van der Waals surface area contributed by atoms with Gasteiger partial charge in [-0.05, 0) is 24.3 Å². The molecular formula is C20H18F2N2O4. The summed E-state index contributed by atoms with van der Waals surface area (Å²) in [5, 5.41) is 18.2. The molecule has 2 aliphatic heterocycles. The van der Waals surface area contributed by atoms with E-state index in [0.717, 1.165) is 0 Å². The van der Waals surface area contributed by atoms with Crippen LogP contribution in [0.3, 0.4) is 0 Å². The Morgan fingerprint density at radius 3 is 1.50 bits per heavy atom. The molecule has 0 amide bonds. The van der Waals surface area contributed by atoms with E-state index >= 15 is 0 Å². The maximum atomic E-state index is 14.7. The molecule has 0 fully saturated rings. The zero-order chi connectivity index (χ0) is 19.7. The van der Waals surface area contributed by atoms with Crippen LogP contribution in [0.2, 0.25) is 0 Å². The van der Waals surface area contributed by atoms with Crippen molar-refractivity contribution in [3.05, 3.63) is 71.3 Å². The Morgan fingerprint density at radius 2 is 1.18 bits per heavy atom. The Balaban J connectivity index is 1.61. The number of hydrogen-bond donors (Lipinski definition) is 4. The lowest BCUT2D eigenvalue weighted by molar-refractivity contribution is 0.0173. The van der Waals surface area contributed by atoms with E-state index in [1.54, 1.807) is 24.3 Å². The fraction of sp³-hybridized carbons (Fsp3) is 0.200. The van der Waals surface area contributed by atoms with Crippen molar-refractivity contribution in [2.24, 2.45) is 0 Å². The van der Waals surface area contributed by atoms with E-state index in [2.05, 4.69) is 11.0 Å². The molecule has 2 atom stereocenters. The largest absolute Gasteiger partial charge is 0.393 e. The fourth-order valence-corrected chi connectivity index (χ4v) is 3.08. The summed E-state index contributed by atoms with van der Waals surface area (Å²) in [5.74, 6) is -1.16. The van der Waals surface area contributed by atoms with Crippen molar-refractivity contribution in [1.82, 2.24) is 11.0 Å². The molecule has 0 saturated carbocycles. The second kappa shape index (κ2) is 7.69. The summed E-state index contributed by atoms with van der Waals surface area (Å²) in [6.45, 7) is -0.381. The van der Waals surface area contributed by atoms with Gasteiger partial charge in [0.15, 0.2) is 0 Å². The molecule has 4 N–H and O–H groups in total. The summed E-state index contributed by atoms with van der Waals surface area (Å²) in [6, 6.07) is 8.85. The highest BCUT2D eigenvalue weighted by Crippen LogP contribution is 2.31. The summed E-state index contributed by atoms with van der Waals surface area (Å²) in [4.78, 5) is 10.2. The third-order valence-corrected chi connectivity index (χ3v) is 4.56. The van der Waals surface area contributed by atoms with Gasteiger partial charge in [0.05, 0.1) is 24.6 Å². The Labute approximate surface area is 159 Å². The minimum absolute atomic E-state index is 0.129. The maximum absolute atomic E-state index is 14.7. The van der Waals surface area contributed by atoms with Crippen molar-refractivity contribution >= 4 is 11.4 Å². The maximum Gasteiger partial charge on any atom is 0.131 e. The second-order valence-corrected chi connectivity index (χ2v) is 6.43. The number of nitrogens with one attached hydrogen (secondary N) is 2. The van der Waals surface area contributed by atoms with Crippen LogP contribution in [0.4, 0.5) is 8.78 Å². The third kappa shape index (κ3) is 3.50. The van der Waals surface area contributed by atoms with E-state index in [-0.39, 0.29) is 24.3 Å².